The molecule has 5 heteroatoms. The average molecular weight is 263 g/mol. The van der Waals surface area contributed by atoms with E-state index in [0.29, 0.717) is 0 Å². The monoisotopic (exact) mass is 263 g/mol. The largest absolute Gasteiger partial charge is 0.504 e. The molecular formula is C15H9N3O2. The van der Waals surface area contributed by atoms with E-state index in [9.17, 15) is 5.11 Å². The highest BCUT2D eigenvalue weighted by atomic mass is 16.5. The number of nitrogens with zero attached hydrogens (tertiary/aromatic N) is 3. The molecule has 1 heterocycles. The Kier molecular flexibility index (Phi) is 2.90. The molecule has 96 valence electrons. The van der Waals surface area contributed by atoms with E-state index in [1.165, 1.54) is 12.4 Å². The molecule has 3 rings (SSSR count). The van der Waals surface area contributed by atoms with Gasteiger partial charge in [0.05, 0.1) is 0 Å². The fourth-order valence-electron chi connectivity index (χ4n) is 1.87. The minimum Gasteiger partial charge on any atom is -0.504 e. The molecule has 3 aromatic rings. The molecule has 0 saturated heterocycles. The molecule has 0 spiro atoms. The number of hydrogen-bond acceptors (Lipinski definition) is 5. The summed E-state index contributed by atoms with van der Waals surface area (Å²) in [4.78, 5) is 7.80. The van der Waals surface area contributed by atoms with Crippen molar-refractivity contribution in [2.45, 2.75) is 0 Å². The van der Waals surface area contributed by atoms with E-state index in [1.807, 2.05) is 30.3 Å². The van der Waals surface area contributed by atoms with Gasteiger partial charge >= 0.3 is 0 Å². The van der Waals surface area contributed by atoms with Gasteiger partial charge in [-0.25, -0.2) is 9.97 Å². The molecule has 0 radical (unpaired) electrons. The first-order chi connectivity index (χ1) is 9.78. The number of ether oxygens (including phenoxy) is 1. The molecule has 0 aliphatic carbocycles. The Morgan fingerprint density at radius 2 is 1.75 bits per heavy atom. The van der Waals surface area contributed by atoms with Gasteiger partial charge in [-0.05, 0) is 22.9 Å². The van der Waals surface area contributed by atoms with Crippen LogP contribution in [0.25, 0.3) is 10.8 Å². The van der Waals surface area contributed by atoms with Crippen molar-refractivity contribution in [1.29, 1.82) is 5.26 Å². The van der Waals surface area contributed by atoms with Crippen LogP contribution in [0.4, 0.5) is 0 Å². The number of aromatic nitrogens is 2. The summed E-state index contributed by atoms with van der Waals surface area (Å²) in [7, 11) is 0. The number of nitriles is 1. The summed E-state index contributed by atoms with van der Waals surface area (Å²) in [6, 6.07) is 12.8. The molecule has 1 N–H and O–H groups in total. The van der Waals surface area contributed by atoms with Crippen LogP contribution in [0.1, 0.15) is 5.69 Å². The lowest BCUT2D eigenvalue weighted by molar-refractivity contribution is 0.401. The molecule has 20 heavy (non-hydrogen) atoms. The zero-order valence-corrected chi connectivity index (χ0v) is 10.3. The maximum Gasteiger partial charge on any atom is 0.256 e. The van der Waals surface area contributed by atoms with E-state index in [-0.39, 0.29) is 23.1 Å². The Morgan fingerprint density at radius 1 is 1.05 bits per heavy atom. The summed E-state index contributed by atoms with van der Waals surface area (Å²) in [5.74, 6) is 0.291. The van der Waals surface area contributed by atoms with Gasteiger partial charge in [0.1, 0.15) is 6.07 Å². The molecule has 2 aromatic carbocycles. The normalized spacial score (nSPS) is 10.2. The van der Waals surface area contributed by atoms with Gasteiger partial charge in [0.15, 0.2) is 11.5 Å². The van der Waals surface area contributed by atoms with E-state index in [1.54, 1.807) is 12.1 Å². The highest BCUT2D eigenvalue weighted by Crippen LogP contribution is 2.34. The third-order valence-corrected chi connectivity index (χ3v) is 2.80. The maximum atomic E-state index is 9.98. The summed E-state index contributed by atoms with van der Waals surface area (Å²) >= 11 is 0. The highest BCUT2D eigenvalue weighted by Gasteiger charge is 2.11. The predicted molar refractivity (Wildman–Crippen MR) is 72.4 cm³/mol. The van der Waals surface area contributed by atoms with Crippen LogP contribution in [-0.4, -0.2) is 15.1 Å². The highest BCUT2D eigenvalue weighted by molar-refractivity contribution is 5.86. The number of rotatable bonds is 2. The smallest absolute Gasteiger partial charge is 0.256 e. The van der Waals surface area contributed by atoms with Gasteiger partial charge in [-0.3, -0.25) is 0 Å². The number of phenols is 1. The zero-order chi connectivity index (χ0) is 13.9. The molecular weight excluding hydrogens is 254 g/mol. The first-order valence-corrected chi connectivity index (χ1v) is 5.88. The van der Waals surface area contributed by atoms with Crippen molar-refractivity contribution in [2.75, 3.05) is 0 Å². The van der Waals surface area contributed by atoms with Crippen molar-refractivity contribution in [3.05, 3.63) is 54.5 Å². The second-order valence-corrected chi connectivity index (χ2v) is 4.09. The number of fused-ring (bicyclic) bond motifs is 1. The van der Waals surface area contributed by atoms with Crippen molar-refractivity contribution < 1.29 is 9.84 Å². The summed E-state index contributed by atoms with van der Waals surface area (Å²) in [6.45, 7) is 0. The molecule has 0 amide bonds. The standard InChI is InChI=1S/C15H9N3O2/c16-9-12-15(18-6-5-17-12)20-14-8-11-4-2-1-3-10(11)7-13(14)19/h1-8,19H. The zero-order valence-electron chi connectivity index (χ0n) is 10.3. The SMILES string of the molecule is N#Cc1nccnc1Oc1cc2ccccc2cc1O. The van der Waals surface area contributed by atoms with E-state index in [0.717, 1.165) is 10.8 Å². The van der Waals surface area contributed by atoms with Gasteiger partial charge < -0.3 is 9.84 Å². The van der Waals surface area contributed by atoms with Gasteiger partial charge in [0.2, 0.25) is 5.69 Å². The van der Waals surface area contributed by atoms with E-state index in [2.05, 4.69) is 9.97 Å². The van der Waals surface area contributed by atoms with Crippen molar-refractivity contribution in [3.8, 4) is 23.4 Å². The molecule has 5 nitrogen and oxygen atoms in total. The van der Waals surface area contributed by atoms with Crippen LogP contribution in [0.2, 0.25) is 0 Å². The number of hydrogen-bond donors (Lipinski definition) is 1. The summed E-state index contributed by atoms with van der Waals surface area (Å²) in [5.41, 5.74) is 0.0695. The molecule has 0 aliphatic heterocycles. The van der Waals surface area contributed by atoms with Crippen molar-refractivity contribution in [1.82, 2.24) is 9.97 Å². The summed E-state index contributed by atoms with van der Waals surface area (Å²) < 4.78 is 5.49. The molecule has 0 saturated carbocycles. The summed E-state index contributed by atoms with van der Waals surface area (Å²) in [6.07, 6.45) is 2.83. The van der Waals surface area contributed by atoms with Gasteiger partial charge in [-0.1, -0.05) is 24.3 Å². The van der Waals surface area contributed by atoms with Crippen LogP contribution in [0.5, 0.6) is 17.4 Å². The van der Waals surface area contributed by atoms with Crippen molar-refractivity contribution in [2.24, 2.45) is 0 Å². The summed E-state index contributed by atoms with van der Waals surface area (Å²) in [5, 5.41) is 20.7. The Morgan fingerprint density at radius 3 is 2.50 bits per heavy atom. The second kappa shape index (κ2) is 4.86. The van der Waals surface area contributed by atoms with Gasteiger partial charge in [-0.2, -0.15) is 5.26 Å². The van der Waals surface area contributed by atoms with Crippen LogP contribution < -0.4 is 4.74 Å². The topological polar surface area (TPSA) is 79.0 Å². The second-order valence-electron chi connectivity index (χ2n) is 4.09. The van der Waals surface area contributed by atoms with Crippen LogP contribution >= 0.6 is 0 Å². The molecule has 0 aliphatic rings. The Balaban J connectivity index is 2.07. The fourth-order valence-corrected chi connectivity index (χ4v) is 1.87. The Bertz CT molecular complexity index is 825. The first-order valence-electron chi connectivity index (χ1n) is 5.88. The lowest BCUT2D eigenvalue weighted by atomic mass is 10.1. The lowest BCUT2D eigenvalue weighted by Gasteiger charge is -2.08. The Hall–Kier alpha value is -3.13. The minimum absolute atomic E-state index is 0.0155. The molecule has 0 unspecified atom stereocenters. The minimum atomic E-state index is -0.0155. The van der Waals surface area contributed by atoms with E-state index in [4.69, 9.17) is 10.00 Å². The van der Waals surface area contributed by atoms with E-state index < -0.39 is 0 Å². The number of aromatic hydroxyl groups is 1. The van der Waals surface area contributed by atoms with E-state index >= 15 is 0 Å². The van der Waals surface area contributed by atoms with Crippen molar-refractivity contribution >= 4 is 10.8 Å². The molecule has 0 atom stereocenters. The van der Waals surface area contributed by atoms with Gasteiger partial charge in [-0.15, -0.1) is 0 Å². The van der Waals surface area contributed by atoms with Crippen LogP contribution in [0.15, 0.2) is 48.8 Å². The molecule has 0 bridgehead atoms. The number of phenolic OH excluding ortho intramolecular Hbond substituents is 1. The van der Waals surface area contributed by atoms with Crippen LogP contribution in [0.3, 0.4) is 0 Å². The van der Waals surface area contributed by atoms with Crippen LogP contribution in [0, 0.1) is 11.3 Å². The van der Waals surface area contributed by atoms with Gasteiger partial charge in [0, 0.05) is 12.4 Å². The Labute approximate surface area is 114 Å². The number of benzene rings is 2. The molecule has 1 aromatic heterocycles. The first kappa shape index (κ1) is 11.9. The maximum absolute atomic E-state index is 9.98. The fraction of sp³-hybridized carbons (Fsp3) is 0. The average Bonchev–Trinajstić information content (AvgIpc) is 2.48. The van der Waals surface area contributed by atoms with Crippen molar-refractivity contribution in [3.63, 3.8) is 0 Å². The quantitative estimate of drug-likeness (QED) is 0.768. The lowest BCUT2D eigenvalue weighted by Crippen LogP contribution is -1.94. The van der Waals surface area contributed by atoms with Crippen LogP contribution in [-0.2, 0) is 0 Å². The van der Waals surface area contributed by atoms with Gasteiger partial charge in [0.25, 0.3) is 5.88 Å². The third-order valence-electron chi connectivity index (χ3n) is 2.80. The molecule has 0 fully saturated rings. The predicted octanol–water partition coefficient (Wildman–Crippen LogP) is 3.00. The third kappa shape index (κ3) is 2.10.